The molecule has 1 atom stereocenters. The molecule has 0 saturated carbocycles. The Balaban J connectivity index is 1.35. The van der Waals surface area contributed by atoms with Gasteiger partial charge in [-0.25, -0.2) is 0 Å². The van der Waals surface area contributed by atoms with Crippen LogP contribution >= 0.6 is 0 Å². The number of hydrogen-bond acceptors (Lipinski definition) is 5. The van der Waals surface area contributed by atoms with Crippen LogP contribution in [0.2, 0.25) is 0 Å². The van der Waals surface area contributed by atoms with Crippen LogP contribution in [0, 0.1) is 0 Å². The highest BCUT2D eigenvalue weighted by Crippen LogP contribution is 2.40. The number of primary amides is 1. The van der Waals surface area contributed by atoms with Gasteiger partial charge in [0.1, 0.15) is 12.4 Å². The third-order valence-electron chi connectivity index (χ3n) is 7.21. The first-order valence-corrected chi connectivity index (χ1v) is 12.7. The second kappa shape index (κ2) is 12.0. The quantitative estimate of drug-likeness (QED) is 0.554. The zero-order chi connectivity index (χ0) is 22.2. The van der Waals surface area contributed by atoms with Crippen LogP contribution in [0.15, 0.2) is 12.1 Å². The lowest BCUT2D eigenvalue weighted by Gasteiger charge is -2.34. The average molecular weight is 445 g/mol. The van der Waals surface area contributed by atoms with Crippen LogP contribution in [0.3, 0.4) is 0 Å². The predicted octanol–water partition coefficient (Wildman–Crippen LogP) is 3.93. The van der Waals surface area contributed by atoms with Crippen molar-refractivity contribution in [3.63, 3.8) is 0 Å². The van der Waals surface area contributed by atoms with Gasteiger partial charge in [-0.15, -0.1) is 0 Å². The SMILES string of the molecule is NC(=O)CCCN1CCC(c2ccc3c(c2OCCOC2CCCCO2)CCCC3)CC1. The number of aryl methyl sites for hydroxylation is 1. The molecule has 3 aliphatic rings. The van der Waals surface area contributed by atoms with Crippen LogP contribution in [-0.2, 0) is 27.1 Å². The first-order valence-electron chi connectivity index (χ1n) is 12.7. The average Bonchev–Trinajstić information content (AvgIpc) is 2.83. The summed E-state index contributed by atoms with van der Waals surface area (Å²) in [6.45, 7) is 5.07. The van der Waals surface area contributed by atoms with Crippen LogP contribution in [-0.4, -0.2) is 56.6 Å². The molecular weight excluding hydrogens is 404 g/mol. The van der Waals surface area contributed by atoms with E-state index < -0.39 is 0 Å². The van der Waals surface area contributed by atoms with E-state index in [0.717, 1.165) is 76.9 Å². The number of nitrogens with zero attached hydrogens (tertiary/aromatic N) is 1. The molecule has 178 valence electrons. The van der Waals surface area contributed by atoms with E-state index in [2.05, 4.69) is 17.0 Å². The Morgan fingerprint density at radius 2 is 1.91 bits per heavy atom. The molecule has 0 bridgehead atoms. The third kappa shape index (κ3) is 6.46. The minimum absolute atomic E-state index is 0.0598. The Kier molecular flexibility index (Phi) is 8.83. The molecule has 1 aliphatic carbocycles. The largest absolute Gasteiger partial charge is 0.491 e. The molecular formula is C26H40N2O4. The molecule has 1 aromatic rings. The molecule has 6 nitrogen and oxygen atoms in total. The molecule has 0 aromatic heterocycles. The number of nitrogens with two attached hydrogens (primary N) is 1. The van der Waals surface area contributed by atoms with E-state index in [1.54, 1.807) is 0 Å². The van der Waals surface area contributed by atoms with Crippen molar-refractivity contribution in [3.8, 4) is 5.75 Å². The van der Waals surface area contributed by atoms with E-state index in [1.807, 2.05) is 0 Å². The normalized spacial score (nSPS) is 22.4. The van der Waals surface area contributed by atoms with Crippen molar-refractivity contribution in [1.82, 2.24) is 4.90 Å². The standard InChI is InChI=1S/C26H40N2O4/c27-24(29)8-5-14-28-15-12-21(13-16-28)23-11-10-20-6-1-2-7-22(20)26(23)32-19-18-31-25-9-3-4-17-30-25/h10-11,21,25H,1-9,12-19H2,(H2,27,29). The summed E-state index contributed by atoms with van der Waals surface area (Å²) in [6, 6.07) is 4.68. The topological polar surface area (TPSA) is 74.0 Å². The smallest absolute Gasteiger partial charge is 0.217 e. The maximum absolute atomic E-state index is 11.0. The Labute approximate surface area is 192 Å². The summed E-state index contributed by atoms with van der Waals surface area (Å²) in [5.74, 6) is 1.48. The fraction of sp³-hybridized carbons (Fsp3) is 0.731. The monoisotopic (exact) mass is 444 g/mol. The summed E-state index contributed by atoms with van der Waals surface area (Å²) in [4.78, 5) is 13.5. The van der Waals surface area contributed by atoms with E-state index in [1.165, 1.54) is 36.0 Å². The molecule has 1 unspecified atom stereocenters. The van der Waals surface area contributed by atoms with Gasteiger partial charge in [0.15, 0.2) is 6.29 Å². The first kappa shape index (κ1) is 23.5. The fourth-order valence-corrected chi connectivity index (χ4v) is 5.41. The Bertz CT molecular complexity index is 740. The zero-order valence-electron chi connectivity index (χ0n) is 19.5. The molecule has 4 rings (SSSR count). The second-order valence-corrected chi connectivity index (χ2v) is 9.53. The zero-order valence-corrected chi connectivity index (χ0v) is 19.5. The van der Waals surface area contributed by atoms with Crippen molar-refractivity contribution in [1.29, 1.82) is 0 Å². The Morgan fingerprint density at radius 3 is 2.69 bits per heavy atom. The van der Waals surface area contributed by atoms with Crippen molar-refractivity contribution in [2.24, 2.45) is 5.73 Å². The van der Waals surface area contributed by atoms with Crippen molar-refractivity contribution in [2.45, 2.75) is 82.8 Å². The number of carbonyl (C=O) groups excluding carboxylic acids is 1. The van der Waals surface area contributed by atoms with Crippen LogP contribution in [0.4, 0.5) is 0 Å². The lowest BCUT2D eigenvalue weighted by molar-refractivity contribution is -0.165. The van der Waals surface area contributed by atoms with Crippen LogP contribution in [0.25, 0.3) is 0 Å². The van der Waals surface area contributed by atoms with Crippen LogP contribution in [0.5, 0.6) is 5.75 Å². The van der Waals surface area contributed by atoms with Crippen LogP contribution in [0.1, 0.15) is 80.4 Å². The summed E-state index contributed by atoms with van der Waals surface area (Å²) in [5, 5.41) is 0. The number of benzene rings is 1. The number of ether oxygens (including phenoxy) is 3. The molecule has 1 aromatic carbocycles. The van der Waals surface area contributed by atoms with Gasteiger partial charge < -0.3 is 24.8 Å². The van der Waals surface area contributed by atoms with Gasteiger partial charge in [-0.05, 0) is 106 Å². The number of rotatable bonds is 10. The molecule has 0 radical (unpaired) electrons. The summed E-state index contributed by atoms with van der Waals surface area (Å²) in [7, 11) is 0. The van der Waals surface area contributed by atoms with Gasteiger partial charge in [0.2, 0.25) is 5.91 Å². The maximum atomic E-state index is 11.0. The van der Waals surface area contributed by atoms with Gasteiger partial charge in [-0.1, -0.05) is 12.1 Å². The minimum atomic E-state index is -0.199. The van der Waals surface area contributed by atoms with E-state index in [9.17, 15) is 4.79 Å². The molecule has 2 fully saturated rings. The van der Waals surface area contributed by atoms with Gasteiger partial charge >= 0.3 is 0 Å². The summed E-state index contributed by atoms with van der Waals surface area (Å²) >= 11 is 0. The highest BCUT2D eigenvalue weighted by atomic mass is 16.7. The van der Waals surface area contributed by atoms with E-state index in [4.69, 9.17) is 19.9 Å². The van der Waals surface area contributed by atoms with E-state index in [0.29, 0.717) is 25.6 Å². The van der Waals surface area contributed by atoms with Gasteiger partial charge in [0.05, 0.1) is 6.61 Å². The number of fused-ring (bicyclic) bond motifs is 1. The number of carbonyl (C=O) groups is 1. The number of piperidine rings is 1. The third-order valence-corrected chi connectivity index (χ3v) is 7.21. The number of likely N-dealkylation sites (tertiary alicyclic amines) is 1. The van der Waals surface area contributed by atoms with E-state index in [-0.39, 0.29) is 12.2 Å². The molecule has 2 N–H and O–H groups in total. The maximum Gasteiger partial charge on any atom is 0.217 e. The summed E-state index contributed by atoms with van der Waals surface area (Å²) in [5.41, 5.74) is 9.57. The van der Waals surface area contributed by atoms with Crippen LogP contribution < -0.4 is 10.5 Å². The van der Waals surface area contributed by atoms with Crippen molar-refractivity contribution < 1.29 is 19.0 Å². The van der Waals surface area contributed by atoms with Crippen molar-refractivity contribution in [2.75, 3.05) is 39.5 Å². The Hall–Kier alpha value is -1.63. The molecule has 6 heteroatoms. The number of amides is 1. The fourth-order valence-electron chi connectivity index (χ4n) is 5.41. The van der Waals surface area contributed by atoms with E-state index >= 15 is 0 Å². The first-order chi connectivity index (χ1) is 15.7. The molecule has 1 amide bonds. The Morgan fingerprint density at radius 1 is 1.06 bits per heavy atom. The highest BCUT2D eigenvalue weighted by Gasteiger charge is 2.26. The lowest BCUT2D eigenvalue weighted by atomic mass is 9.83. The van der Waals surface area contributed by atoms with Crippen molar-refractivity contribution in [3.05, 3.63) is 28.8 Å². The van der Waals surface area contributed by atoms with Gasteiger partial charge in [-0.2, -0.15) is 0 Å². The van der Waals surface area contributed by atoms with Gasteiger partial charge in [0.25, 0.3) is 0 Å². The highest BCUT2D eigenvalue weighted by molar-refractivity contribution is 5.73. The molecule has 2 saturated heterocycles. The number of hydrogen-bond donors (Lipinski definition) is 1. The molecule has 32 heavy (non-hydrogen) atoms. The summed E-state index contributed by atoms with van der Waals surface area (Å²) in [6.07, 6.45) is 11.7. The van der Waals surface area contributed by atoms with Crippen molar-refractivity contribution >= 4 is 5.91 Å². The molecule has 2 aliphatic heterocycles. The minimum Gasteiger partial charge on any atom is -0.491 e. The second-order valence-electron chi connectivity index (χ2n) is 9.53. The molecule has 2 heterocycles. The predicted molar refractivity (Wildman–Crippen MR) is 125 cm³/mol. The van der Waals surface area contributed by atoms with Gasteiger partial charge in [-0.3, -0.25) is 4.79 Å². The molecule has 0 spiro atoms. The van der Waals surface area contributed by atoms with Gasteiger partial charge in [0, 0.05) is 13.0 Å². The lowest BCUT2D eigenvalue weighted by Crippen LogP contribution is -2.34. The summed E-state index contributed by atoms with van der Waals surface area (Å²) < 4.78 is 18.1.